The van der Waals surface area contributed by atoms with Crippen LogP contribution in [0.4, 0.5) is 0 Å². The van der Waals surface area contributed by atoms with Crippen LogP contribution in [-0.4, -0.2) is 88.3 Å². The minimum atomic E-state index is -2.05. The summed E-state index contributed by atoms with van der Waals surface area (Å²) >= 11 is 0. The molecule has 5 rings (SSSR count). The highest BCUT2D eigenvalue weighted by Crippen LogP contribution is 2.68. The molecule has 1 spiro atoms. The second-order valence-corrected chi connectivity index (χ2v) is 12.4. The number of rotatable bonds is 12. The van der Waals surface area contributed by atoms with Crippen LogP contribution in [0.2, 0.25) is 0 Å². The molecule has 1 aromatic carbocycles. The van der Waals surface area contributed by atoms with Crippen LogP contribution in [0.15, 0.2) is 24.0 Å². The van der Waals surface area contributed by atoms with Crippen molar-refractivity contribution in [2.45, 2.75) is 94.7 Å². The van der Waals surface area contributed by atoms with Crippen LogP contribution >= 0.6 is 0 Å². The number of carboxylic acids is 2. The van der Waals surface area contributed by atoms with Gasteiger partial charge in [0.2, 0.25) is 12.2 Å². The van der Waals surface area contributed by atoms with Gasteiger partial charge in [-0.3, -0.25) is 14.4 Å². The highest BCUT2D eigenvalue weighted by Gasteiger charge is 2.72. The minimum absolute atomic E-state index is 0.0746. The molecule has 3 aliphatic carbocycles. The van der Waals surface area contributed by atoms with E-state index in [9.17, 15) is 33.9 Å². The molecule has 3 N–H and O–H groups in total. The van der Waals surface area contributed by atoms with Crippen LogP contribution in [0, 0.1) is 11.8 Å². The van der Waals surface area contributed by atoms with Gasteiger partial charge in [0.05, 0.1) is 31.0 Å². The normalized spacial score (nSPS) is 28.2. The molecular weight excluding hydrogens is 624 g/mol. The van der Waals surface area contributed by atoms with E-state index in [1.54, 1.807) is 6.08 Å². The third-order valence-electron chi connectivity index (χ3n) is 9.61. The Bertz CT molecular complexity index is 1550. The molecule has 8 atom stereocenters. The maximum Gasteiger partial charge on any atom is 0.348 e. The molecule has 0 radical (unpaired) electrons. The Labute approximate surface area is 268 Å². The third-order valence-corrected chi connectivity index (χ3v) is 9.61. The van der Waals surface area contributed by atoms with Gasteiger partial charge in [-0.1, -0.05) is 13.0 Å². The molecule has 15 heteroatoms. The van der Waals surface area contributed by atoms with Crippen molar-refractivity contribution in [1.82, 2.24) is 0 Å². The smallest absolute Gasteiger partial charge is 0.348 e. The van der Waals surface area contributed by atoms with Crippen molar-refractivity contribution in [3.63, 3.8) is 0 Å². The maximum atomic E-state index is 13.3. The summed E-state index contributed by atoms with van der Waals surface area (Å²) in [5.74, 6) is -6.75. The van der Waals surface area contributed by atoms with E-state index in [4.69, 9.17) is 33.9 Å². The van der Waals surface area contributed by atoms with Crippen molar-refractivity contribution < 1.29 is 72.5 Å². The summed E-state index contributed by atoms with van der Waals surface area (Å²) in [5, 5.41) is 30.3. The molecule has 1 saturated carbocycles. The summed E-state index contributed by atoms with van der Waals surface area (Å²) < 4.78 is 32.4. The van der Waals surface area contributed by atoms with E-state index >= 15 is 0 Å². The lowest BCUT2D eigenvalue weighted by atomic mass is 9.45. The monoisotopic (exact) mass is 660 g/mol. The van der Waals surface area contributed by atoms with Crippen LogP contribution in [0.25, 0.3) is 0 Å². The van der Waals surface area contributed by atoms with Crippen molar-refractivity contribution in [3.05, 3.63) is 35.1 Å². The lowest BCUT2D eigenvalue weighted by Gasteiger charge is -2.61. The highest BCUT2D eigenvalue weighted by atomic mass is 16.6. The van der Waals surface area contributed by atoms with Crippen molar-refractivity contribution in [2.75, 3.05) is 7.11 Å². The second-order valence-electron chi connectivity index (χ2n) is 12.4. The largest absolute Gasteiger partial charge is 0.493 e. The predicted octanol–water partition coefficient (Wildman–Crippen LogP) is 1.58. The number of carbonyl (C=O) groups is 6. The van der Waals surface area contributed by atoms with Crippen molar-refractivity contribution in [2.24, 2.45) is 11.8 Å². The van der Waals surface area contributed by atoms with E-state index in [1.165, 1.54) is 7.11 Å². The van der Waals surface area contributed by atoms with Gasteiger partial charge in [-0.15, -0.1) is 0 Å². The van der Waals surface area contributed by atoms with Gasteiger partial charge < -0.3 is 43.7 Å². The van der Waals surface area contributed by atoms with Gasteiger partial charge in [0.1, 0.15) is 5.76 Å². The summed E-state index contributed by atoms with van der Waals surface area (Å²) in [4.78, 5) is 72.4. The number of hydrogen-bond acceptors (Lipinski definition) is 13. The zero-order chi connectivity index (χ0) is 34.4. The Morgan fingerprint density at radius 2 is 1.74 bits per heavy atom. The molecule has 15 nitrogen and oxygen atoms in total. The molecule has 1 heterocycles. The lowest BCUT2D eigenvalue weighted by Crippen LogP contribution is -2.69. The van der Waals surface area contributed by atoms with E-state index in [0.29, 0.717) is 24.3 Å². The second kappa shape index (κ2) is 12.5. The lowest BCUT2D eigenvalue weighted by molar-refractivity contribution is -0.184. The quantitative estimate of drug-likeness (QED) is 0.214. The Morgan fingerprint density at radius 3 is 2.38 bits per heavy atom. The van der Waals surface area contributed by atoms with Gasteiger partial charge in [0.25, 0.3) is 0 Å². The molecule has 1 fully saturated rings. The summed E-state index contributed by atoms with van der Waals surface area (Å²) in [7, 11) is 1.51. The van der Waals surface area contributed by atoms with Gasteiger partial charge in [-0.05, 0) is 62.1 Å². The first kappa shape index (κ1) is 33.7. The molecule has 0 aromatic heterocycles. The number of ether oxygens (including phenoxy) is 6. The zero-order valence-electron chi connectivity index (χ0n) is 26.2. The van der Waals surface area contributed by atoms with Gasteiger partial charge in [-0.25, -0.2) is 14.4 Å². The SMILES string of the molecule is COc1ccc2c3c1O[C@H]1C(OC(=O)C[C@H](OC(C)=O)C(=O)O[C@@H](C)C(=O)O[C@@H](CC(=O)O)C(=O)O)=CC[C@@]4(O)[C@@H](C2)C(C)CC[C@]314. The van der Waals surface area contributed by atoms with Crippen LogP contribution in [-0.2, 0) is 59.6 Å². The van der Waals surface area contributed by atoms with Gasteiger partial charge in [0.15, 0.2) is 23.7 Å². The van der Waals surface area contributed by atoms with Crippen LogP contribution in [0.5, 0.6) is 11.5 Å². The Morgan fingerprint density at radius 1 is 1.02 bits per heavy atom. The average Bonchev–Trinajstić information content (AvgIpc) is 3.35. The minimum Gasteiger partial charge on any atom is -0.493 e. The van der Waals surface area contributed by atoms with Crippen molar-refractivity contribution in [1.29, 1.82) is 0 Å². The molecular formula is C32H36O15. The Hall–Kier alpha value is -4.66. The van der Waals surface area contributed by atoms with Crippen LogP contribution in [0.1, 0.15) is 64.0 Å². The number of aliphatic hydroxyl groups is 1. The third kappa shape index (κ3) is 5.77. The number of carboxylic acid groups (broad SMARTS) is 2. The number of carbonyl (C=O) groups excluding carboxylic acids is 4. The zero-order valence-corrected chi connectivity index (χ0v) is 26.2. The average molecular weight is 661 g/mol. The Kier molecular flexibility index (Phi) is 8.97. The van der Waals surface area contributed by atoms with Gasteiger partial charge in [0, 0.05) is 12.5 Å². The van der Waals surface area contributed by atoms with E-state index in [2.05, 4.69) is 11.7 Å². The molecule has 0 amide bonds. The molecule has 1 aliphatic heterocycles. The van der Waals surface area contributed by atoms with E-state index in [1.807, 2.05) is 12.1 Å². The summed E-state index contributed by atoms with van der Waals surface area (Å²) in [6.07, 6.45) is -4.66. The standard InChI is InChI=1S/C32H36O15/c1-14-7-9-31-25-17-5-6-19(42-4)26(25)47-27(31)20(8-10-32(31,41)18(14)11-17)45-24(36)13-22(44-16(3)33)30(40)43-15(2)29(39)46-21(28(37)38)12-23(34)35/h5-6,8,14-15,18,21-22,27,41H,7,9-13H2,1-4H3,(H,34,35)(H,37,38)/t14?,15-,18-,21-,22-,27-,31-,32+/m0/s1. The van der Waals surface area contributed by atoms with Crippen LogP contribution in [0.3, 0.4) is 0 Å². The topological polar surface area (TPSA) is 218 Å². The number of benzene rings is 1. The summed E-state index contributed by atoms with van der Waals surface area (Å²) in [5.41, 5.74) is -0.246. The predicted molar refractivity (Wildman–Crippen MR) is 154 cm³/mol. The van der Waals surface area contributed by atoms with Gasteiger partial charge in [-0.2, -0.15) is 0 Å². The summed E-state index contributed by atoms with van der Waals surface area (Å²) in [6.45, 7) is 4.12. The maximum absolute atomic E-state index is 13.3. The van der Waals surface area contributed by atoms with E-state index in [0.717, 1.165) is 31.4 Å². The fraction of sp³-hybridized carbons (Fsp3) is 0.562. The van der Waals surface area contributed by atoms with Crippen LogP contribution < -0.4 is 9.47 Å². The highest BCUT2D eigenvalue weighted by molar-refractivity contribution is 5.88. The number of hydrogen-bond donors (Lipinski definition) is 3. The number of aliphatic carboxylic acids is 2. The molecule has 254 valence electrons. The first-order valence-corrected chi connectivity index (χ1v) is 15.2. The Balaban J connectivity index is 1.33. The molecule has 47 heavy (non-hydrogen) atoms. The van der Waals surface area contributed by atoms with Crippen molar-refractivity contribution in [3.8, 4) is 11.5 Å². The molecule has 1 aromatic rings. The molecule has 2 bridgehead atoms. The van der Waals surface area contributed by atoms with E-state index < -0.39 is 84.1 Å². The van der Waals surface area contributed by atoms with Gasteiger partial charge >= 0.3 is 35.8 Å². The van der Waals surface area contributed by atoms with Crippen molar-refractivity contribution >= 4 is 35.8 Å². The van der Waals surface area contributed by atoms with E-state index in [-0.39, 0.29) is 24.0 Å². The fourth-order valence-electron chi connectivity index (χ4n) is 7.53. The number of methoxy groups -OCH3 is 1. The molecule has 0 saturated heterocycles. The first-order valence-electron chi connectivity index (χ1n) is 15.2. The fourth-order valence-corrected chi connectivity index (χ4v) is 7.53. The molecule has 4 aliphatic rings. The molecule has 1 unspecified atom stereocenters. The first-order chi connectivity index (χ1) is 22.1. The summed E-state index contributed by atoms with van der Waals surface area (Å²) in [6, 6.07) is 3.78. The number of esters is 4.